The molecule has 0 aliphatic heterocycles. The SMILES string of the molecule is Cc1cnc(NCCC(N)=O)cc1N. The van der Waals surface area contributed by atoms with Crippen molar-refractivity contribution in [3.05, 3.63) is 17.8 Å². The average molecular weight is 194 g/mol. The number of nitrogen functional groups attached to an aromatic ring is 1. The van der Waals surface area contributed by atoms with Gasteiger partial charge in [-0.15, -0.1) is 0 Å². The molecule has 0 unspecified atom stereocenters. The van der Waals surface area contributed by atoms with Crippen LogP contribution >= 0.6 is 0 Å². The van der Waals surface area contributed by atoms with E-state index < -0.39 is 0 Å². The molecular formula is C9H14N4O. The molecule has 1 amide bonds. The van der Waals surface area contributed by atoms with Gasteiger partial charge < -0.3 is 16.8 Å². The molecule has 0 radical (unpaired) electrons. The predicted molar refractivity (Wildman–Crippen MR) is 55.7 cm³/mol. The third-order valence-electron chi connectivity index (χ3n) is 1.82. The number of pyridine rings is 1. The van der Waals surface area contributed by atoms with E-state index >= 15 is 0 Å². The summed E-state index contributed by atoms with van der Waals surface area (Å²) in [7, 11) is 0. The number of nitrogens with zero attached hydrogens (tertiary/aromatic N) is 1. The Bertz CT molecular complexity index is 338. The van der Waals surface area contributed by atoms with E-state index in [4.69, 9.17) is 11.5 Å². The molecule has 0 atom stereocenters. The number of rotatable bonds is 4. The first-order valence-electron chi connectivity index (χ1n) is 4.34. The first-order chi connectivity index (χ1) is 6.59. The number of nitrogens with one attached hydrogen (secondary N) is 1. The lowest BCUT2D eigenvalue weighted by atomic mass is 10.2. The summed E-state index contributed by atoms with van der Waals surface area (Å²) in [5.74, 6) is 0.326. The standard InChI is InChI=1S/C9H14N4O/c1-6-5-13-9(4-7(6)10)12-3-2-8(11)14/h4-5H,2-3H2,1H3,(H2,11,14)(H3,10,12,13). The van der Waals surface area contributed by atoms with Gasteiger partial charge in [0, 0.05) is 30.9 Å². The molecule has 1 aromatic heterocycles. The van der Waals surface area contributed by atoms with Crippen molar-refractivity contribution in [1.29, 1.82) is 0 Å². The van der Waals surface area contributed by atoms with E-state index in [1.165, 1.54) is 0 Å². The van der Waals surface area contributed by atoms with Crippen LogP contribution in [-0.4, -0.2) is 17.4 Å². The third-order valence-corrected chi connectivity index (χ3v) is 1.82. The molecule has 76 valence electrons. The van der Waals surface area contributed by atoms with Gasteiger partial charge in [0.25, 0.3) is 0 Å². The summed E-state index contributed by atoms with van der Waals surface area (Å²) < 4.78 is 0. The van der Waals surface area contributed by atoms with E-state index in [1.807, 2.05) is 6.92 Å². The Balaban J connectivity index is 2.51. The van der Waals surface area contributed by atoms with Crippen LogP contribution in [0, 0.1) is 6.92 Å². The minimum absolute atomic E-state index is 0.287. The molecular weight excluding hydrogens is 180 g/mol. The highest BCUT2D eigenvalue weighted by Gasteiger charge is 1.98. The van der Waals surface area contributed by atoms with Crippen molar-refractivity contribution in [2.75, 3.05) is 17.6 Å². The summed E-state index contributed by atoms with van der Waals surface area (Å²) in [6.45, 7) is 2.36. The van der Waals surface area contributed by atoms with E-state index in [0.717, 1.165) is 5.56 Å². The number of carbonyl (C=O) groups is 1. The zero-order valence-corrected chi connectivity index (χ0v) is 8.08. The number of primary amides is 1. The van der Waals surface area contributed by atoms with E-state index in [9.17, 15) is 4.79 Å². The Morgan fingerprint density at radius 2 is 2.36 bits per heavy atom. The summed E-state index contributed by atoms with van der Waals surface area (Å²) in [5, 5.41) is 2.95. The van der Waals surface area contributed by atoms with Gasteiger partial charge in [-0.25, -0.2) is 4.98 Å². The average Bonchev–Trinajstić information content (AvgIpc) is 2.10. The minimum atomic E-state index is -0.336. The Morgan fingerprint density at radius 3 is 2.93 bits per heavy atom. The van der Waals surface area contributed by atoms with Crippen LogP contribution in [0.15, 0.2) is 12.3 Å². The summed E-state index contributed by atoms with van der Waals surface area (Å²) in [6.07, 6.45) is 1.97. The Kier molecular flexibility index (Phi) is 3.28. The van der Waals surface area contributed by atoms with Crippen LogP contribution in [0.25, 0.3) is 0 Å². The van der Waals surface area contributed by atoms with Gasteiger partial charge in [0.2, 0.25) is 5.91 Å². The molecule has 1 heterocycles. The maximum Gasteiger partial charge on any atom is 0.219 e. The molecule has 0 saturated heterocycles. The van der Waals surface area contributed by atoms with Gasteiger partial charge in [0.1, 0.15) is 5.82 Å². The highest BCUT2D eigenvalue weighted by Crippen LogP contribution is 2.13. The van der Waals surface area contributed by atoms with Gasteiger partial charge in [0.15, 0.2) is 0 Å². The van der Waals surface area contributed by atoms with Crippen molar-refractivity contribution in [3.63, 3.8) is 0 Å². The fraction of sp³-hybridized carbons (Fsp3) is 0.333. The Morgan fingerprint density at radius 1 is 1.64 bits per heavy atom. The molecule has 0 saturated carbocycles. The second-order valence-electron chi connectivity index (χ2n) is 3.07. The number of aryl methyl sites for hydroxylation is 1. The fourth-order valence-corrected chi connectivity index (χ4v) is 0.950. The number of aromatic nitrogens is 1. The highest BCUT2D eigenvalue weighted by atomic mass is 16.1. The number of hydrogen-bond acceptors (Lipinski definition) is 4. The van der Waals surface area contributed by atoms with Gasteiger partial charge in [-0.05, 0) is 12.5 Å². The van der Waals surface area contributed by atoms with Crippen molar-refractivity contribution < 1.29 is 4.79 Å². The third kappa shape index (κ3) is 2.93. The zero-order chi connectivity index (χ0) is 10.6. The monoisotopic (exact) mass is 194 g/mol. The molecule has 0 aliphatic rings. The molecule has 0 fully saturated rings. The van der Waals surface area contributed by atoms with E-state index in [1.54, 1.807) is 12.3 Å². The molecule has 0 spiro atoms. The highest BCUT2D eigenvalue weighted by molar-refractivity contribution is 5.74. The van der Waals surface area contributed by atoms with Gasteiger partial charge in [-0.3, -0.25) is 4.79 Å². The van der Waals surface area contributed by atoms with Crippen molar-refractivity contribution in [3.8, 4) is 0 Å². The molecule has 5 heteroatoms. The van der Waals surface area contributed by atoms with Crippen LogP contribution in [0.5, 0.6) is 0 Å². The van der Waals surface area contributed by atoms with E-state index in [-0.39, 0.29) is 12.3 Å². The molecule has 1 aromatic rings. The molecule has 0 bridgehead atoms. The van der Waals surface area contributed by atoms with Crippen LogP contribution in [-0.2, 0) is 4.79 Å². The van der Waals surface area contributed by atoms with Crippen molar-refractivity contribution in [1.82, 2.24) is 4.98 Å². The molecule has 1 rings (SSSR count). The predicted octanol–water partition coefficient (Wildman–Crippen LogP) is 0.260. The van der Waals surface area contributed by atoms with Gasteiger partial charge in [-0.1, -0.05) is 0 Å². The molecule has 5 nitrogen and oxygen atoms in total. The zero-order valence-electron chi connectivity index (χ0n) is 8.08. The molecule has 5 N–H and O–H groups in total. The summed E-state index contributed by atoms with van der Waals surface area (Å²) in [6, 6.07) is 1.73. The van der Waals surface area contributed by atoms with Crippen LogP contribution in [0.3, 0.4) is 0 Å². The number of hydrogen-bond donors (Lipinski definition) is 3. The second kappa shape index (κ2) is 4.45. The van der Waals surface area contributed by atoms with Gasteiger partial charge in [-0.2, -0.15) is 0 Å². The largest absolute Gasteiger partial charge is 0.398 e. The summed E-state index contributed by atoms with van der Waals surface area (Å²) in [4.78, 5) is 14.5. The lowest BCUT2D eigenvalue weighted by molar-refractivity contribution is -0.117. The maximum atomic E-state index is 10.4. The smallest absolute Gasteiger partial charge is 0.219 e. The molecule has 0 aliphatic carbocycles. The first kappa shape index (κ1) is 10.3. The van der Waals surface area contributed by atoms with Gasteiger partial charge in [0.05, 0.1) is 0 Å². The number of anilines is 2. The quantitative estimate of drug-likeness (QED) is 0.640. The number of amides is 1. The Labute approximate surface area is 82.5 Å². The number of nitrogens with two attached hydrogens (primary N) is 2. The first-order valence-corrected chi connectivity index (χ1v) is 4.34. The summed E-state index contributed by atoms with van der Waals surface area (Å²) >= 11 is 0. The molecule has 0 aromatic carbocycles. The van der Waals surface area contributed by atoms with Crippen LogP contribution in [0.2, 0.25) is 0 Å². The lowest BCUT2D eigenvalue weighted by Crippen LogP contribution is -2.16. The van der Waals surface area contributed by atoms with E-state index in [2.05, 4.69) is 10.3 Å². The Hall–Kier alpha value is -1.78. The minimum Gasteiger partial charge on any atom is -0.398 e. The van der Waals surface area contributed by atoms with Crippen LogP contribution in [0.4, 0.5) is 11.5 Å². The fourth-order valence-electron chi connectivity index (χ4n) is 0.950. The van der Waals surface area contributed by atoms with E-state index in [0.29, 0.717) is 18.1 Å². The van der Waals surface area contributed by atoms with Crippen LogP contribution < -0.4 is 16.8 Å². The van der Waals surface area contributed by atoms with Crippen molar-refractivity contribution >= 4 is 17.4 Å². The summed E-state index contributed by atoms with van der Waals surface area (Å²) in [5.41, 5.74) is 12.3. The van der Waals surface area contributed by atoms with Crippen LogP contribution in [0.1, 0.15) is 12.0 Å². The van der Waals surface area contributed by atoms with Gasteiger partial charge >= 0.3 is 0 Å². The lowest BCUT2D eigenvalue weighted by Gasteiger charge is -2.05. The second-order valence-corrected chi connectivity index (χ2v) is 3.07. The van der Waals surface area contributed by atoms with Crippen molar-refractivity contribution in [2.45, 2.75) is 13.3 Å². The molecule has 14 heavy (non-hydrogen) atoms. The van der Waals surface area contributed by atoms with Crippen molar-refractivity contribution in [2.24, 2.45) is 5.73 Å². The number of carbonyl (C=O) groups excluding carboxylic acids is 1. The maximum absolute atomic E-state index is 10.4. The topological polar surface area (TPSA) is 94.0 Å². The normalized spacial score (nSPS) is 9.79.